The van der Waals surface area contributed by atoms with Gasteiger partial charge in [0.1, 0.15) is 11.7 Å². The van der Waals surface area contributed by atoms with Crippen LogP contribution in [0.15, 0.2) is 53.7 Å². The number of carbonyl (C=O) groups excluding carboxylic acids is 1. The third-order valence-electron chi connectivity index (χ3n) is 5.05. The lowest BCUT2D eigenvalue weighted by Gasteiger charge is -2.24. The number of allylic oxidation sites excluding steroid dienone is 2. The molecule has 1 aromatic carbocycles. The Kier molecular flexibility index (Phi) is 6.80. The van der Waals surface area contributed by atoms with Crippen LogP contribution >= 0.6 is 0 Å². The maximum atomic E-state index is 13.0. The van der Waals surface area contributed by atoms with Crippen molar-refractivity contribution in [1.82, 2.24) is 9.80 Å². The van der Waals surface area contributed by atoms with E-state index in [0.29, 0.717) is 17.7 Å². The van der Waals surface area contributed by atoms with Crippen molar-refractivity contribution in [3.05, 3.63) is 60.1 Å². The molecule has 1 fully saturated rings. The molecule has 0 bridgehead atoms. The van der Waals surface area contributed by atoms with Gasteiger partial charge in [-0.1, -0.05) is 38.3 Å². The molecule has 0 spiro atoms. The van der Waals surface area contributed by atoms with Crippen molar-refractivity contribution in [1.29, 1.82) is 0 Å². The summed E-state index contributed by atoms with van der Waals surface area (Å²) in [6.45, 7) is 12.6. The predicted octanol–water partition coefficient (Wildman–Crippen LogP) is 4.84. The maximum Gasteiger partial charge on any atom is 0.325 e. The largest absolute Gasteiger partial charge is 0.325 e. The Morgan fingerprint density at radius 1 is 1.39 bits per heavy atom. The van der Waals surface area contributed by atoms with Gasteiger partial charge >= 0.3 is 6.03 Å². The molecule has 5 heteroatoms. The smallest absolute Gasteiger partial charge is 0.320 e. The summed E-state index contributed by atoms with van der Waals surface area (Å²) in [6.07, 6.45) is 4.13. The third-order valence-corrected chi connectivity index (χ3v) is 5.05. The van der Waals surface area contributed by atoms with Gasteiger partial charge in [-0.05, 0) is 44.5 Å². The topological polar surface area (TPSA) is 35.9 Å². The predicted molar refractivity (Wildman–Crippen MR) is 112 cm³/mol. The molecule has 0 aromatic heterocycles. The van der Waals surface area contributed by atoms with E-state index in [4.69, 9.17) is 0 Å². The standard InChI is InChI=1S/C23H28FN3O/c1-7-17(3)21(27-16-23(4,5)26(6)22(27)28)25-15-18(8-2)9-10-19-11-13-20(24)14-12-19/h8,11-15,17H,2,7,16H2,1,3-6H3/b18-15+,25-21?. The summed E-state index contributed by atoms with van der Waals surface area (Å²) in [6, 6.07) is 5.94. The lowest BCUT2D eigenvalue weighted by molar-refractivity contribution is 0.192. The van der Waals surface area contributed by atoms with Crippen molar-refractivity contribution in [2.24, 2.45) is 10.9 Å². The van der Waals surface area contributed by atoms with Crippen LogP contribution < -0.4 is 0 Å². The van der Waals surface area contributed by atoms with Crippen molar-refractivity contribution in [2.45, 2.75) is 39.7 Å². The Morgan fingerprint density at radius 2 is 2.04 bits per heavy atom. The van der Waals surface area contributed by atoms with E-state index in [0.717, 1.165) is 12.3 Å². The van der Waals surface area contributed by atoms with Gasteiger partial charge in [-0.25, -0.2) is 14.2 Å². The molecule has 1 unspecified atom stereocenters. The Balaban J connectivity index is 2.34. The molecule has 28 heavy (non-hydrogen) atoms. The first-order chi connectivity index (χ1) is 13.2. The second-order valence-corrected chi connectivity index (χ2v) is 7.58. The van der Waals surface area contributed by atoms with Gasteiger partial charge < -0.3 is 4.90 Å². The highest BCUT2D eigenvalue weighted by Gasteiger charge is 2.43. The molecule has 1 atom stereocenters. The van der Waals surface area contributed by atoms with Crippen LogP contribution in [0.3, 0.4) is 0 Å². The maximum absolute atomic E-state index is 13.0. The first kappa shape index (κ1) is 21.4. The van der Waals surface area contributed by atoms with Crippen LogP contribution in [-0.4, -0.2) is 40.8 Å². The van der Waals surface area contributed by atoms with Gasteiger partial charge in [-0.3, -0.25) is 4.90 Å². The summed E-state index contributed by atoms with van der Waals surface area (Å²) < 4.78 is 13.0. The molecule has 2 rings (SSSR count). The second-order valence-electron chi connectivity index (χ2n) is 7.58. The molecule has 0 radical (unpaired) electrons. The fourth-order valence-corrected chi connectivity index (χ4v) is 2.77. The van der Waals surface area contributed by atoms with Crippen LogP contribution in [-0.2, 0) is 0 Å². The number of likely N-dealkylation sites (N-methyl/N-ethyl adjacent to an activating group) is 1. The first-order valence-corrected chi connectivity index (χ1v) is 9.42. The number of rotatable bonds is 4. The summed E-state index contributed by atoms with van der Waals surface area (Å²) in [5.74, 6) is 6.53. The molecule has 148 valence electrons. The SMILES string of the molecule is C=C/C(C#Cc1ccc(F)cc1)=C\N=C(C(C)CC)N1CC(C)(C)N(C)C1=O. The van der Waals surface area contributed by atoms with E-state index in [1.165, 1.54) is 12.1 Å². The van der Waals surface area contributed by atoms with E-state index in [1.807, 2.05) is 20.9 Å². The summed E-state index contributed by atoms with van der Waals surface area (Å²) >= 11 is 0. The number of carbonyl (C=O) groups is 1. The normalized spacial score (nSPS) is 18.0. The van der Waals surface area contributed by atoms with E-state index in [-0.39, 0.29) is 23.3 Å². The fourth-order valence-electron chi connectivity index (χ4n) is 2.77. The molecule has 1 saturated heterocycles. The van der Waals surface area contributed by atoms with Crippen LogP contribution in [0.5, 0.6) is 0 Å². The third kappa shape index (κ3) is 4.89. The lowest BCUT2D eigenvalue weighted by Crippen LogP contribution is -2.38. The highest BCUT2D eigenvalue weighted by Crippen LogP contribution is 2.26. The molecule has 0 N–H and O–H groups in total. The lowest BCUT2D eigenvalue weighted by atomic mass is 10.0. The van der Waals surface area contributed by atoms with Gasteiger partial charge in [0.25, 0.3) is 0 Å². The summed E-state index contributed by atoms with van der Waals surface area (Å²) in [7, 11) is 1.82. The van der Waals surface area contributed by atoms with E-state index in [1.54, 1.807) is 34.2 Å². The zero-order valence-corrected chi connectivity index (χ0v) is 17.3. The second kappa shape index (κ2) is 8.88. The number of nitrogens with zero attached hydrogens (tertiary/aromatic N) is 3. The fraction of sp³-hybridized carbons (Fsp3) is 0.391. The molecule has 1 aliphatic rings. The Bertz CT molecular complexity index is 856. The number of aliphatic imine (C=N–C) groups is 1. The van der Waals surface area contributed by atoms with Gasteiger partial charge in [0.2, 0.25) is 0 Å². The average molecular weight is 381 g/mol. The van der Waals surface area contributed by atoms with Gasteiger partial charge in [0, 0.05) is 30.3 Å². The molecule has 0 saturated carbocycles. The summed E-state index contributed by atoms with van der Waals surface area (Å²) in [5.41, 5.74) is 1.08. The van der Waals surface area contributed by atoms with E-state index in [9.17, 15) is 9.18 Å². The number of benzene rings is 1. The van der Waals surface area contributed by atoms with Crippen LogP contribution in [0.25, 0.3) is 0 Å². The molecule has 1 heterocycles. The molecular formula is C23H28FN3O. The van der Waals surface area contributed by atoms with Crippen molar-refractivity contribution >= 4 is 11.9 Å². The molecular weight excluding hydrogens is 353 g/mol. The monoisotopic (exact) mass is 381 g/mol. The first-order valence-electron chi connectivity index (χ1n) is 9.42. The molecule has 0 aliphatic carbocycles. The van der Waals surface area contributed by atoms with Crippen molar-refractivity contribution in [3.8, 4) is 11.8 Å². The average Bonchev–Trinajstić information content (AvgIpc) is 2.88. The molecule has 4 nitrogen and oxygen atoms in total. The number of amides is 2. The van der Waals surface area contributed by atoms with Crippen molar-refractivity contribution in [2.75, 3.05) is 13.6 Å². The number of hydrogen-bond acceptors (Lipinski definition) is 2. The number of amidine groups is 1. The quantitative estimate of drug-likeness (QED) is 0.318. The van der Waals surface area contributed by atoms with E-state index >= 15 is 0 Å². The minimum Gasteiger partial charge on any atom is -0.320 e. The van der Waals surface area contributed by atoms with Crippen LogP contribution in [0.1, 0.15) is 39.7 Å². The Morgan fingerprint density at radius 3 is 2.54 bits per heavy atom. The zero-order chi connectivity index (χ0) is 20.9. The minimum absolute atomic E-state index is 0.0463. The number of urea groups is 1. The van der Waals surface area contributed by atoms with Gasteiger partial charge in [-0.15, -0.1) is 0 Å². The highest BCUT2D eigenvalue weighted by molar-refractivity contribution is 6.00. The van der Waals surface area contributed by atoms with Crippen LogP contribution in [0, 0.1) is 23.6 Å². The van der Waals surface area contributed by atoms with E-state index < -0.39 is 0 Å². The summed E-state index contributed by atoms with van der Waals surface area (Å²) in [5, 5.41) is 0. The van der Waals surface area contributed by atoms with Crippen molar-refractivity contribution in [3.63, 3.8) is 0 Å². The highest BCUT2D eigenvalue weighted by atomic mass is 19.1. The zero-order valence-electron chi connectivity index (χ0n) is 17.3. The van der Waals surface area contributed by atoms with Gasteiger partial charge in [-0.2, -0.15) is 0 Å². The molecule has 2 amide bonds. The minimum atomic E-state index is -0.295. The number of halogens is 1. The Hall–Kier alpha value is -2.87. The van der Waals surface area contributed by atoms with Crippen molar-refractivity contribution < 1.29 is 9.18 Å². The summed E-state index contributed by atoms with van der Waals surface area (Å²) in [4.78, 5) is 20.8. The Labute approximate surface area is 167 Å². The van der Waals surface area contributed by atoms with Gasteiger partial charge in [0.15, 0.2) is 0 Å². The van der Waals surface area contributed by atoms with Crippen LogP contribution in [0.2, 0.25) is 0 Å². The molecule has 1 aliphatic heterocycles. The van der Waals surface area contributed by atoms with Gasteiger partial charge in [0.05, 0.1) is 12.1 Å². The number of hydrogen-bond donors (Lipinski definition) is 0. The van der Waals surface area contributed by atoms with Crippen LogP contribution in [0.4, 0.5) is 9.18 Å². The van der Waals surface area contributed by atoms with E-state index in [2.05, 4.69) is 37.3 Å². The molecule has 1 aromatic rings.